The van der Waals surface area contributed by atoms with Crippen molar-refractivity contribution in [3.05, 3.63) is 102 Å². The summed E-state index contributed by atoms with van der Waals surface area (Å²) in [5.41, 5.74) is 3.61. The van der Waals surface area contributed by atoms with Crippen LogP contribution in [0.3, 0.4) is 0 Å². The van der Waals surface area contributed by atoms with Crippen LogP contribution in [0.15, 0.2) is 89.8 Å². The molecule has 4 aromatic rings. The molecule has 1 saturated heterocycles. The van der Waals surface area contributed by atoms with Gasteiger partial charge in [0.15, 0.2) is 5.79 Å². The maximum Gasteiger partial charge on any atom is 0.308 e. The van der Waals surface area contributed by atoms with Crippen LogP contribution in [0.4, 0.5) is 4.39 Å². The topological polar surface area (TPSA) is 87.1 Å². The normalized spacial score (nSPS) is 17.9. The molecule has 1 aromatic heterocycles. The summed E-state index contributed by atoms with van der Waals surface area (Å²) in [5, 5.41) is 0. The van der Waals surface area contributed by atoms with E-state index in [1.54, 1.807) is 19.2 Å². The molecule has 10 heteroatoms. The predicted molar refractivity (Wildman–Crippen MR) is 198 cm³/mol. The number of carbonyl (C=O) groups excluding carboxylic acids is 1. The second-order valence-electron chi connectivity index (χ2n) is 15.1. The molecule has 8 nitrogen and oxygen atoms in total. The molecule has 0 aliphatic carbocycles. The van der Waals surface area contributed by atoms with E-state index in [1.165, 1.54) is 16.4 Å². The molecular weight excluding hydrogens is 668 g/mol. The molecule has 3 aromatic carbocycles. The van der Waals surface area contributed by atoms with Gasteiger partial charge in [0, 0.05) is 37.8 Å². The molecule has 2 heterocycles. The lowest BCUT2D eigenvalue weighted by Crippen LogP contribution is -2.46. The Morgan fingerprint density at radius 1 is 0.941 bits per heavy atom. The molecule has 0 bridgehead atoms. The van der Waals surface area contributed by atoms with Gasteiger partial charge in [-0.3, -0.25) is 4.79 Å². The van der Waals surface area contributed by atoms with Crippen molar-refractivity contribution >= 4 is 16.0 Å². The van der Waals surface area contributed by atoms with Gasteiger partial charge >= 0.3 is 5.97 Å². The van der Waals surface area contributed by atoms with E-state index < -0.39 is 27.5 Å². The third-order valence-corrected chi connectivity index (χ3v) is 10.7. The van der Waals surface area contributed by atoms with Gasteiger partial charge in [0.05, 0.1) is 24.3 Å². The number of benzene rings is 3. The average Bonchev–Trinajstić information content (AvgIpc) is 3.39. The summed E-state index contributed by atoms with van der Waals surface area (Å²) in [6, 6.07) is 25.2. The molecule has 1 fully saturated rings. The van der Waals surface area contributed by atoms with Crippen LogP contribution in [0.1, 0.15) is 84.9 Å². The van der Waals surface area contributed by atoms with Crippen molar-refractivity contribution in [2.75, 3.05) is 7.05 Å². The van der Waals surface area contributed by atoms with E-state index in [2.05, 4.69) is 4.57 Å². The number of halogens is 1. The van der Waals surface area contributed by atoms with Gasteiger partial charge in [-0.25, -0.2) is 12.8 Å². The molecule has 0 amide bonds. The minimum Gasteiger partial charge on any atom is -0.460 e. The quantitative estimate of drug-likeness (QED) is 0.136. The van der Waals surface area contributed by atoms with Crippen molar-refractivity contribution in [2.45, 2.75) is 115 Å². The fourth-order valence-electron chi connectivity index (χ4n) is 6.91. The predicted octanol–water partition coefficient (Wildman–Crippen LogP) is 8.94. The third-order valence-electron chi connectivity index (χ3n) is 8.82. The number of hydrogen-bond acceptors (Lipinski definition) is 6. The highest BCUT2D eigenvalue weighted by molar-refractivity contribution is 7.89. The summed E-state index contributed by atoms with van der Waals surface area (Å²) in [6.07, 6.45) is 0.348. The standard InChI is InChI=1S/C41H51FN2O6S/c1-28(2)37-39(51(46,47)43(8)27-29-15-11-9-12-16-29)36(30-17-13-10-14-18-30)38(31-19-21-32(42)22-20-31)44(37)24-23-33-25-34(49-41(6,7)48-33)26-35(45)50-40(3,4)5/h9-22,28,33-34H,23-27H2,1-8H3/t33-,34-/m1/s1. The van der Waals surface area contributed by atoms with Gasteiger partial charge in [0.25, 0.3) is 0 Å². The highest BCUT2D eigenvalue weighted by atomic mass is 32.2. The highest BCUT2D eigenvalue weighted by Gasteiger charge is 2.39. The van der Waals surface area contributed by atoms with Crippen molar-refractivity contribution in [1.82, 2.24) is 8.87 Å². The van der Waals surface area contributed by atoms with Crippen LogP contribution in [0.5, 0.6) is 0 Å². The Labute approximate surface area is 302 Å². The number of aromatic nitrogens is 1. The molecule has 2 atom stereocenters. The Balaban J connectivity index is 1.63. The number of esters is 1. The summed E-state index contributed by atoms with van der Waals surface area (Å²) in [7, 11) is -2.46. The zero-order valence-electron chi connectivity index (χ0n) is 31.0. The smallest absolute Gasteiger partial charge is 0.308 e. The fraction of sp³-hybridized carbons (Fsp3) is 0.439. The van der Waals surface area contributed by atoms with Gasteiger partial charge in [0.1, 0.15) is 16.3 Å². The van der Waals surface area contributed by atoms with Crippen molar-refractivity contribution < 1.29 is 31.8 Å². The van der Waals surface area contributed by atoms with Crippen molar-refractivity contribution in [2.24, 2.45) is 0 Å². The van der Waals surface area contributed by atoms with Crippen molar-refractivity contribution in [1.29, 1.82) is 0 Å². The number of nitrogens with zero attached hydrogens (tertiary/aromatic N) is 2. The van der Waals surface area contributed by atoms with Gasteiger partial charge in [-0.1, -0.05) is 74.5 Å². The molecule has 1 aliphatic heterocycles. The van der Waals surface area contributed by atoms with E-state index >= 15 is 0 Å². The largest absolute Gasteiger partial charge is 0.460 e. The van der Waals surface area contributed by atoms with Crippen molar-refractivity contribution in [3.8, 4) is 22.4 Å². The Kier molecular flexibility index (Phi) is 11.6. The minimum absolute atomic E-state index is 0.0937. The van der Waals surface area contributed by atoms with Crippen molar-refractivity contribution in [3.63, 3.8) is 0 Å². The first-order valence-corrected chi connectivity index (χ1v) is 19.0. The fourth-order valence-corrected chi connectivity index (χ4v) is 8.62. The van der Waals surface area contributed by atoms with E-state index in [0.717, 1.165) is 11.1 Å². The number of ether oxygens (including phenoxy) is 3. The van der Waals surface area contributed by atoms with Gasteiger partial charge in [0.2, 0.25) is 10.0 Å². The summed E-state index contributed by atoms with van der Waals surface area (Å²) in [4.78, 5) is 13.0. The first-order chi connectivity index (χ1) is 23.9. The molecule has 274 valence electrons. The van der Waals surface area contributed by atoms with Crippen LogP contribution in [0.25, 0.3) is 22.4 Å². The first kappa shape index (κ1) is 38.4. The highest BCUT2D eigenvalue weighted by Crippen LogP contribution is 2.46. The summed E-state index contributed by atoms with van der Waals surface area (Å²) in [6.45, 7) is 13.8. The number of carbonyl (C=O) groups is 1. The SMILES string of the molecule is CC(C)c1c(S(=O)(=O)N(C)Cc2ccccc2)c(-c2ccccc2)c(-c2ccc(F)cc2)n1CC[C@@H]1C[C@H](CC(=O)OC(C)(C)C)OC(C)(C)O1. The Bertz CT molecular complexity index is 1900. The molecule has 5 rings (SSSR count). The Hall–Kier alpha value is -3.83. The molecular formula is C41H51FN2O6S. The molecule has 51 heavy (non-hydrogen) atoms. The maximum absolute atomic E-state index is 14.9. The zero-order chi connectivity index (χ0) is 37.1. The maximum atomic E-state index is 14.9. The zero-order valence-corrected chi connectivity index (χ0v) is 31.8. The summed E-state index contributed by atoms with van der Waals surface area (Å²) >= 11 is 0. The van der Waals surface area contributed by atoms with Crippen LogP contribution in [-0.4, -0.2) is 53.9 Å². The lowest BCUT2D eigenvalue weighted by molar-refractivity contribution is -0.301. The molecule has 0 spiro atoms. The number of rotatable bonds is 12. The second-order valence-corrected chi connectivity index (χ2v) is 17.0. The first-order valence-electron chi connectivity index (χ1n) is 17.6. The van der Waals surface area contributed by atoms with Crippen LogP contribution in [0.2, 0.25) is 0 Å². The summed E-state index contributed by atoms with van der Waals surface area (Å²) in [5.74, 6) is -1.87. The van der Waals surface area contributed by atoms with Gasteiger partial charge < -0.3 is 18.8 Å². The molecule has 0 radical (unpaired) electrons. The minimum atomic E-state index is -4.07. The number of sulfonamides is 1. The second kappa shape index (κ2) is 15.4. The van der Waals surface area contributed by atoms with Crippen LogP contribution in [0, 0.1) is 5.82 Å². The molecule has 0 N–H and O–H groups in total. The van der Waals surface area contributed by atoms with Crippen LogP contribution >= 0.6 is 0 Å². The lowest BCUT2D eigenvalue weighted by atomic mass is 10.00. The Morgan fingerprint density at radius 3 is 2.12 bits per heavy atom. The molecule has 0 saturated carbocycles. The lowest BCUT2D eigenvalue weighted by Gasteiger charge is -2.41. The van der Waals surface area contributed by atoms with Gasteiger partial charge in [-0.05, 0) is 87.9 Å². The average molecular weight is 719 g/mol. The van der Waals surface area contributed by atoms with E-state index in [1.807, 2.05) is 109 Å². The van der Waals surface area contributed by atoms with Crippen LogP contribution < -0.4 is 0 Å². The van der Waals surface area contributed by atoms with E-state index in [9.17, 15) is 17.6 Å². The van der Waals surface area contributed by atoms with Crippen LogP contribution in [-0.2, 0) is 42.1 Å². The van der Waals surface area contributed by atoms with E-state index in [0.29, 0.717) is 41.9 Å². The number of hydrogen-bond donors (Lipinski definition) is 0. The molecule has 0 unspecified atom stereocenters. The van der Waals surface area contributed by atoms with Gasteiger partial charge in [-0.15, -0.1) is 0 Å². The molecule has 1 aliphatic rings. The summed E-state index contributed by atoms with van der Waals surface area (Å²) < 4.78 is 65.8. The van der Waals surface area contributed by atoms with E-state index in [4.69, 9.17) is 14.2 Å². The monoisotopic (exact) mass is 718 g/mol. The van der Waals surface area contributed by atoms with Gasteiger partial charge in [-0.2, -0.15) is 4.31 Å². The Morgan fingerprint density at radius 2 is 1.53 bits per heavy atom. The van der Waals surface area contributed by atoms with E-state index in [-0.39, 0.29) is 41.7 Å². The third kappa shape index (κ3) is 9.35.